The van der Waals surface area contributed by atoms with Crippen LogP contribution in [0, 0.1) is 0 Å². The van der Waals surface area contributed by atoms with Crippen LogP contribution >= 0.6 is 0 Å². The Labute approximate surface area is 170 Å². The van der Waals surface area contributed by atoms with Crippen molar-refractivity contribution >= 4 is 35.5 Å². The van der Waals surface area contributed by atoms with E-state index in [2.05, 4.69) is 10.6 Å². The van der Waals surface area contributed by atoms with Crippen LogP contribution < -0.4 is 33.2 Å². The number of primary amides is 2. The number of aliphatic hydroxyl groups is 2. The molecule has 0 bridgehead atoms. The Morgan fingerprint density at radius 1 is 0.733 bits per heavy atom. The van der Waals surface area contributed by atoms with Gasteiger partial charge in [-0.05, 0) is 6.42 Å². The summed E-state index contributed by atoms with van der Waals surface area (Å²) in [6.07, 6.45) is -1.35. The van der Waals surface area contributed by atoms with Gasteiger partial charge in [-0.3, -0.25) is 24.0 Å². The number of hydrogen-bond acceptors (Lipinski definition) is 9. The second-order valence-electron chi connectivity index (χ2n) is 6.17. The van der Waals surface area contributed by atoms with E-state index in [1.807, 2.05) is 5.32 Å². The van der Waals surface area contributed by atoms with Gasteiger partial charge in [0.15, 0.2) is 0 Å². The van der Waals surface area contributed by atoms with Gasteiger partial charge in [0.2, 0.25) is 29.5 Å². The van der Waals surface area contributed by atoms with Crippen molar-refractivity contribution in [3.05, 3.63) is 0 Å². The molecule has 30 heavy (non-hydrogen) atoms. The maximum absolute atomic E-state index is 12.4. The van der Waals surface area contributed by atoms with Crippen LogP contribution in [0.15, 0.2) is 0 Å². The van der Waals surface area contributed by atoms with Gasteiger partial charge in [0.1, 0.15) is 24.2 Å². The predicted molar refractivity (Wildman–Crippen MR) is 97.8 cm³/mol. The number of carbonyl (C=O) groups is 6. The number of aliphatic hydroxyl groups excluding tert-OH is 2. The third-order valence-electron chi connectivity index (χ3n) is 3.68. The van der Waals surface area contributed by atoms with Crippen LogP contribution in [0.2, 0.25) is 0 Å². The second-order valence-corrected chi connectivity index (χ2v) is 6.17. The fourth-order valence-corrected chi connectivity index (χ4v) is 2.06. The molecule has 0 saturated carbocycles. The van der Waals surface area contributed by atoms with Gasteiger partial charge in [0, 0.05) is 6.42 Å². The highest BCUT2D eigenvalue weighted by molar-refractivity contribution is 5.95. The first kappa shape index (κ1) is 26.7. The summed E-state index contributed by atoms with van der Waals surface area (Å²) in [6.45, 7) is -1.69. The normalized spacial score (nSPS) is 14.5. The quantitative estimate of drug-likeness (QED) is 0.125. The molecule has 0 aromatic rings. The standard InChI is InChI=1S/C15H26N6O9/c16-6(4-22)12(26)19-7(1-2-10(17)24)13(27)21-9(5-23)14(28)20-8(15(29)30)3-11(18)25/h6-9,22-23H,1-5,16H2,(H2,17,24)(H2,18,25)(H,19,26)(H,20,28)(H,21,27)(H,29,30). The molecule has 0 radical (unpaired) electrons. The molecule has 0 fully saturated rings. The molecule has 0 aromatic heterocycles. The Balaban J connectivity index is 5.26. The van der Waals surface area contributed by atoms with Crippen molar-refractivity contribution in [2.75, 3.05) is 13.2 Å². The van der Waals surface area contributed by atoms with E-state index in [0.29, 0.717) is 0 Å². The van der Waals surface area contributed by atoms with Gasteiger partial charge in [0.25, 0.3) is 0 Å². The first-order valence-electron chi connectivity index (χ1n) is 8.60. The number of aliphatic carboxylic acids is 1. The van der Waals surface area contributed by atoms with Crippen LogP contribution in [-0.4, -0.2) is 88.2 Å². The Morgan fingerprint density at radius 2 is 1.23 bits per heavy atom. The van der Waals surface area contributed by atoms with Crippen LogP contribution in [0.5, 0.6) is 0 Å². The van der Waals surface area contributed by atoms with E-state index in [9.17, 15) is 33.9 Å². The van der Waals surface area contributed by atoms with Crippen molar-refractivity contribution in [2.45, 2.75) is 43.4 Å². The zero-order chi connectivity index (χ0) is 23.4. The van der Waals surface area contributed by atoms with E-state index in [1.54, 1.807) is 0 Å². The molecule has 0 aromatic carbocycles. The van der Waals surface area contributed by atoms with Gasteiger partial charge < -0.3 is 48.5 Å². The Hall–Kier alpha value is -3.30. The van der Waals surface area contributed by atoms with Crippen LogP contribution in [0.1, 0.15) is 19.3 Å². The molecule has 0 saturated heterocycles. The smallest absolute Gasteiger partial charge is 0.326 e. The number of hydrogen-bond donors (Lipinski definition) is 9. The molecule has 15 heteroatoms. The summed E-state index contributed by atoms with van der Waals surface area (Å²) in [4.78, 5) is 69.3. The first-order chi connectivity index (χ1) is 13.9. The monoisotopic (exact) mass is 434 g/mol. The van der Waals surface area contributed by atoms with Crippen molar-refractivity contribution in [2.24, 2.45) is 17.2 Å². The van der Waals surface area contributed by atoms with Gasteiger partial charge in [-0.25, -0.2) is 4.79 Å². The van der Waals surface area contributed by atoms with E-state index < -0.39 is 79.3 Å². The Kier molecular flexibility index (Phi) is 11.6. The lowest BCUT2D eigenvalue weighted by Crippen LogP contribution is -2.58. The lowest BCUT2D eigenvalue weighted by atomic mass is 10.1. The summed E-state index contributed by atoms with van der Waals surface area (Å²) in [6, 6.07) is -6.14. The molecule has 0 aliphatic heterocycles. The lowest BCUT2D eigenvalue weighted by molar-refractivity contribution is -0.144. The number of carboxylic acids is 1. The van der Waals surface area contributed by atoms with Gasteiger partial charge in [-0.15, -0.1) is 0 Å². The van der Waals surface area contributed by atoms with E-state index in [-0.39, 0.29) is 12.8 Å². The molecule has 15 nitrogen and oxygen atoms in total. The summed E-state index contributed by atoms with van der Waals surface area (Å²) in [7, 11) is 0. The number of amides is 5. The largest absolute Gasteiger partial charge is 0.480 e. The van der Waals surface area contributed by atoms with E-state index in [4.69, 9.17) is 27.4 Å². The topological polar surface area (TPSA) is 277 Å². The van der Waals surface area contributed by atoms with E-state index in [0.717, 1.165) is 0 Å². The highest BCUT2D eigenvalue weighted by atomic mass is 16.4. The number of nitrogens with two attached hydrogens (primary N) is 3. The molecular formula is C15H26N6O9. The lowest BCUT2D eigenvalue weighted by Gasteiger charge is -2.23. The van der Waals surface area contributed by atoms with Crippen molar-refractivity contribution in [1.82, 2.24) is 16.0 Å². The fraction of sp³-hybridized carbons (Fsp3) is 0.600. The third kappa shape index (κ3) is 9.76. The fourth-order valence-electron chi connectivity index (χ4n) is 2.06. The summed E-state index contributed by atoms with van der Waals surface area (Å²) in [5.41, 5.74) is 15.2. The molecule has 4 unspecified atom stereocenters. The van der Waals surface area contributed by atoms with Gasteiger partial charge in [0.05, 0.1) is 19.6 Å². The zero-order valence-corrected chi connectivity index (χ0v) is 15.9. The average molecular weight is 434 g/mol. The molecule has 5 amide bonds. The molecule has 0 aliphatic carbocycles. The molecular weight excluding hydrogens is 408 g/mol. The molecule has 0 spiro atoms. The second kappa shape index (κ2) is 13.0. The molecule has 4 atom stereocenters. The van der Waals surface area contributed by atoms with Crippen molar-refractivity contribution in [3.8, 4) is 0 Å². The molecule has 0 heterocycles. The number of carbonyl (C=O) groups excluding carboxylic acids is 5. The summed E-state index contributed by atoms with van der Waals surface area (Å²) in [5, 5.41) is 33.4. The van der Waals surface area contributed by atoms with Gasteiger partial charge in [-0.1, -0.05) is 0 Å². The molecule has 0 rings (SSSR count). The highest BCUT2D eigenvalue weighted by Gasteiger charge is 2.30. The van der Waals surface area contributed by atoms with Gasteiger partial charge in [-0.2, -0.15) is 0 Å². The summed E-state index contributed by atoms with van der Waals surface area (Å²) < 4.78 is 0. The van der Waals surface area contributed by atoms with Crippen molar-refractivity contribution in [1.29, 1.82) is 0 Å². The average Bonchev–Trinajstić information content (AvgIpc) is 2.66. The van der Waals surface area contributed by atoms with Crippen LogP contribution in [0.3, 0.4) is 0 Å². The van der Waals surface area contributed by atoms with E-state index in [1.165, 1.54) is 0 Å². The first-order valence-corrected chi connectivity index (χ1v) is 8.60. The van der Waals surface area contributed by atoms with Gasteiger partial charge >= 0.3 is 5.97 Å². The minimum Gasteiger partial charge on any atom is -0.480 e. The predicted octanol–water partition coefficient (Wildman–Crippen LogP) is -6.02. The molecule has 0 aliphatic rings. The molecule has 170 valence electrons. The van der Waals surface area contributed by atoms with Crippen LogP contribution in [0.25, 0.3) is 0 Å². The van der Waals surface area contributed by atoms with E-state index >= 15 is 0 Å². The van der Waals surface area contributed by atoms with Crippen LogP contribution in [0.4, 0.5) is 0 Å². The zero-order valence-electron chi connectivity index (χ0n) is 15.9. The Bertz CT molecular complexity index is 671. The van der Waals surface area contributed by atoms with Crippen molar-refractivity contribution < 1.29 is 44.1 Å². The maximum atomic E-state index is 12.4. The number of rotatable bonds is 14. The highest BCUT2D eigenvalue weighted by Crippen LogP contribution is 2.01. The molecule has 12 N–H and O–H groups in total. The third-order valence-corrected chi connectivity index (χ3v) is 3.68. The SMILES string of the molecule is NC(=O)CCC(NC(=O)C(N)CO)C(=O)NC(CO)C(=O)NC(CC(N)=O)C(=O)O. The Morgan fingerprint density at radius 3 is 1.67 bits per heavy atom. The van der Waals surface area contributed by atoms with Crippen LogP contribution in [-0.2, 0) is 28.8 Å². The van der Waals surface area contributed by atoms with Crippen molar-refractivity contribution in [3.63, 3.8) is 0 Å². The minimum atomic E-state index is -1.70. The number of carboxylic acid groups (broad SMARTS) is 1. The number of nitrogens with one attached hydrogen (secondary N) is 3. The maximum Gasteiger partial charge on any atom is 0.326 e. The minimum absolute atomic E-state index is 0.287. The summed E-state index contributed by atoms with van der Waals surface area (Å²) in [5.74, 6) is -6.48. The summed E-state index contributed by atoms with van der Waals surface area (Å²) >= 11 is 0.